The van der Waals surface area contributed by atoms with E-state index in [1.807, 2.05) is 0 Å². The van der Waals surface area contributed by atoms with Crippen molar-refractivity contribution in [1.29, 1.82) is 0 Å². The number of unbranched alkanes of at least 4 members (excludes halogenated alkanes) is 2. The number of nitrogens with zero attached hydrogens (tertiary/aromatic N) is 2. The average Bonchev–Trinajstić information content (AvgIpc) is 2.74. The van der Waals surface area contributed by atoms with Crippen molar-refractivity contribution in [3.05, 3.63) is 28.6 Å². The van der Waals surface area contributed by atoms with Crippen molar-refractivity contribution < 1.29 is 19.3 Å². The van der Waals surface area contributed by atoms with E-state index in [2.05, 4.69) is 11.8 Å². The number of methoxy groups -OCH3 is 1. The van der Waals surface area contributed by atoms with Gasteiger partial charge in [-0.05, 0) is 25.0 Å². The first-order chi connectivity index (χ1) is 14.2. The molecule has 1 aliphatic heterocycles. The second-order valence-electron chi connectivity index (χ2n) is 7.38. The summed E-state index contributed by atoms with van der Waals surface area (Å²) in [6, 6.07) is 5.10. The Morgan fingerprint density at radius 1 is 1.10 bits per heavy atom. The molecule has 3 rings (SSSR count). The lowest BCUT2D eigenvalue weighted by Crippen LogP contribution is -2.37. The number of ether oxygens (including phenoxy) is 3. The molecule has 7 nitrogen and oxygen atoms in total. The van der Waals surface area contributed by atoms with E-state index in [1.54, 1.807) is 25.3 Å². The number of rotatable bonds is 10. The first-order valence-corrected chi connectivity index (χ1v) is 10.5. The third-order valence-corrected chi connectivity index (χ3v) is 5.36. The highest BCUT2D eigenvalue weighted by Crippen LogP contribution is 2.38. The van der Waals surface area contributed by atoms with Crippen LogP contribution in [0.25, 0.3) is 10.8 Å². The first kappa shape index (κ1) is 21.5. The quantitative estimate of drug-likeness (QED) is 0.614. The minimum Gasteiger partial charge on any atom is -0.494 e. The molecule has 7 heteroatoms. The first-order valence-electron chi connectivity index (χ1n) is 10.5. The number of fused-ring (bicyclic) bond motifs is 1. The van der Waals surface area contributed by atoms with Gasteiger partial charge in [-0.2, -0.15) is 0 Å². The average molecular weight is 405 g/mol. The number of pyridine rings is 1. The summed E-state index contributed by atoms with van der Waals surface area (Å²) in [5.74, 6) is 1.07. The summed E-state index contributed by atoms with van der Waals surface area (Å²) in [4.78, 5) is 15.1. The zero-order valence-corrected chi connectivity index (χ0v) is 17.5. The highest BCUT2D eigenvalue weighted by Gasteiger charge is 2.17. The van der Waals surface area contributed by atoms with Gasteiger partial charge in [0.1, 0.15) is 0 Å². The van der Waals surface area contributed by atoms with Gasteiger partial charge in [-0.3, -0.25) is 14.3 Å². The lowest BCUT2D eigenvalue weighted by Gasteiger charge is -2.26. The van der Waals surface area contributed by atoms with E-state index < -0.39 is 0 Å². The normalized spacial score (nSPS) is 15.0. The lowest BCUT2D eigenvalue weighted by atomic mass is 10.1. The van der Waals surface area contributed by atoms with Crippen molar-refractivity contribution in [2.45, 2.75) is 39.2 Å². The fourth-order valence-electron chi connectivity index (χ4n) is 3.70. The molecule has 0 aliphatic carbocycles. The Morgan fingerprint density at radius 2 is 1.90 bits per heavy atom. The third kappa shape index (κ3) is 5.22. The van der Waals surface area contributed by atoms with Crippen LogP contribution in [0, 0.1) is 0 Å². The van der Waals surface area contributed by atoms with Crippen LogP contribution in [0.3, 0.4) is 0 Å². The summed E-state index contributed by atoms with van der Waals surface area (Å²) in [5, 5.41) is 12.0. The van der Waals surface area contributed by atoms with Crippen molar-refractivity contribution in [3.8, 4) is 17.4 Å². The number of hydrogen-bond donors (Lipinski definition) is 1. The molecule has 0 bridgehead atoms. The summed E-state index contributed by atoms with van der Waals surface area (Å²) in [6.07, 6.45) is 3.90. The molecule has 0 amide bonds. The Balaban J connectivity index is 1.81. The zero-order valence-electron chi connectivity index (χ0n) is 17.5. The molecule has 1 aromatic carbocycles. The summed E-state index contributed by atoms with van der Waals surface area (Å²) in [6.45, 7) is 7.37. The van der Waals surface area contributed by atoms with E-state index in [9.17, 15) is 9.90 Å². The number of aromatic nitrogens is 1. The fourth-order valence-corrected chi connectivity index (χ4v) is 3.70. The third-order valence-electron chi connectivity index (χ3n) is 5.36. The van der Waals surface area contributed by atoms with Gasteiger partial charge in [0.15, 0.2) is 11.5 Å². The van der Waals surface area contributed by atoms with Gasteiger partial charge in [0, 0.05) is 43.0 Å². The largest absolute Gasteiger partial charge is 0.494 e. The maximum absolute atomic E-state index is 12.7. The van der Waals surface area contributed by atoms with E-state index in [0.29, 0.717) is 35.4 Å². The van der Waals surface area contributed by atoms with Crippen molar-refractivity contribution in [1.82, 2.24) is 9.47 Å². The molecule has 160 valence electrons. The highest BCUT2D eigenvalue weighted by molar-refractivity contribution is 5.93. The van der Waals surface area contributed by atoms with Crippen LogP contribution >= 0.6 is 0 Å². The fraction of sp³-hybridized carbons (Fsp3) is 0.591. The molecule has 1 aromatic heterocycles. The highest BCUT2D eigenvalue weighted by atomic mass is 16.5. The van der Waals surface area contributed by atoms with E-state index in [1.165, 1.54) is 4.57 Å². The molecule has 29 heavy (non-hydrogen) atoms. The van der Waals surface area contributed by atoms with Crippen LogP contribution in [0.2, 0.25) is 0 Å². The van der Waals surface area contributed by atoms with Gasteiger partial charge in [0.05, 0.1) is 26.9 Å². The Hall–Kier alpha value is -2.25. The van der Waals surface area contributed by atoms with Crippen LogP contribution in [0.4, 0.5) is 0 Å². The second kappa shape index (κ2) is 10.5. The van der Waals surface area contributed by atoms with Crippen LogP contribution in [0.15, 0.2) is 23.0 Å². The van der Waals surface area contributed by atoms with E-state index >= 15 is 0 Å². The molecular formula is C22H32N2O5. The molecule has 0 radical (unpaired) electrons. The van der Waals surface area contributed by atoms with E-state index in [4.69, 9.17) is 14.2 Å². The lowest BCUT2D eigenvalue weighted by molar-refractivity contribution is 0.0368. The molecule has 1 N–H and O–H groups in total. The number of morpholine rings is 1. The minimum atomic E-state index is -0.233. The van der Waals surface area contributed by atoms with Crippen LogP contribution in [-0.2, 0) is 11.3 Å². The van der Waals surface area contributed by atoms with Crippen LogP contribution in [-0.4, -0.2) is 61.1 Å². The zero-order chi connectivity index (χ0) is 20.6. The second-order valence-corrected chi connectivity index (χ2v) is 7.38. The molecule has 1 aliphatic rings. The predicted molar refractivity (Wildman–Crippen MR) is 113 cm³/mol. The van der Waals surface area contributed by atoms with Crippen LogP contribution < -0.4 is 15.0 Å². The maximum atomic E-state index is 12.7. The molecule has 0 spiro atoms. The predicted octanol–water partition coefficient (Wildman–Crippen LogP) is 3.01. The van der Waals surface area contributed by atoms with Gasteiger partial charge in [-0.1, -0.05) is 19.8 Å². The van der Waals surface area contributed by atoms with Gasteiger partial charge in [-0.25, -0.2) is 0 Å². The monoisotopic (exact) mass is 404 g/mol. The van der Waals surface area contributed by atoms with Crippen molar-refractivity contribution >= 4 is 10.8 Å². The van der Waals surface area contributed by atoms with Crippen molar-refractivity contribution in [2.75, 3.05) is 46.6 Å². The minimum absolute atomic E-state index is 0.0180. The Morgan fingerprint density at radius 3 is 2.62 bits per heavy atom. The molecule has 2 aromatic rings. The molecule has 0 atom stereocenters. The van der Waals surface area contributed by atoms with Gasteiger partial charge in [0.2, 0.25) is 5.88 Å². The Labute approximate surface area is 171 Å². The summed E-state index contributed by atoms with van der Waals surface area (Å²) >= 11 is 0. The topological polar surface area (TPSA) is 73.2 Å². The molecule has 2 heterocycles. The van der Waals surface area contributed by atoms with Crippen molar-refractivity contribution in [2.24, 2.45) is 0 Å². The number of aromatic hydroxyl groups is 1. The van der Waals surface area contributed by atoms with Crippen LogP contribution in [0.5, 0.6) is 17.4 Å². The molecular weight excluding hydrogens is 372 g/mol. The van der Waals surface area contributed by atoms with Crippen molar-refractivity contribution in [3.63, 3.8) is 0 Å². The maximum Gasteiger partial charge on any atom is 0.254 e. The smallest absolute Gasteiger partial charge is 0.254 e. The van der Waals surface area contributed by atoms with E-state index in [0.717, 1.165) is 58.5 Å². The molecule has 1 fully saturated rings. The van der Waals surface area contributed by atoms with Gasteiger partial charge < -0.3 is 19.3 Å². The van der Waals surface area contributed by atoms with E-state index in [-0.39, 0.29) is 11.4 Å². The SMILES string of the molecule is CCCCCOc1c(OC)ccc2c(O)n(CCCN3CCOCC3)c(=O)cc12. The van der Waals surface area contributed by atoms with Crippen LogP contribution in [0.1, 0.15) is 32.6 Å². The van der Waals surface area contributed by atoms with Gasteiger partial charge >= 0.3 is 0 Å². The summed E-state index contributed by atoms with van der Waals surface area (Å²) in [5.41, 5.74) is -0.233. The number of benzene rings is 1. The number of hydrogen-bond acceptors (Lipinski definition) is 6. The molecule has 0 saturated carbocycles. The summed E-state index contributed by atoms with van der Waals surface area (Å²) in [7, 11) is 1.58. The van der Waals surface area contributed by atoms with Gasteiger partial charge in [0.25, 0.3) is 5.56 Å². The molecule has 1 saturated heterocycles. The molecule has 0 unspecified atom stereocenters. The Bertz CT molecular complexity index is 858. The summed E-state index contributed by atoms with van der Waals surface area (Å²) < 4.78 is 18.2. The Kier molecular flexibility index (Phi) is 7.77. The van der Waals surface area contributed by atoms with Gasteiger partial charge in [-0.15, -0.1) is 0 Å². The standard InChI is InChI=1S/C22H32N2O5/c1-3-4-5-13-29-21-18-16-20(25)24(10-6-9-23-11-14-28-15-12-23)22(26)17(18)7-8-19(21)27-2/h7-8,16,26H,3-6,9-15H2,1-2H3.